The third-order valence-corrected chi connectivity index (χ3v) is 8.19. The van der Waals surface area contributed by atoms with E-state index >= 15 is 0 Å². The van der Waals surface area contributed by atoms with E-state index in [1.165, 1.54) is 17.0 Å². The Kier molecular flexibility index (Phi) is 9.57. The summed E-state index contributed by atoms with van der Waals surface area (Å²) < 4.78 is 40.2. The van der Waals surface area contributed by atoms with Crippen molar-refractivity contribution in [1.82, 2.24) is 10.2 Å². The normalized spacial score (nSPS) is 15.2. The van der Waals surface area contributed by atoms with Crippen LogP contribution < -0.4 is 9.62 Å². The minimum Gasteiger partial charge on any atom is -0.352 e. The average molecular weight is 546 g/mol. The zero-order valence-electron chi connectivity index (χ0n) is 23.0. The van der Waals surface area contributed by atoms with Crippen molar-refractivity contribution in [3.8, 4) is 0 Å². The summed E-state index contributed by atoms with van der Waals surface area (Å²) in [5, 5.41) is 3.07. The van der Waals surface area contributed by atoms with E-state index in [1.807, 2.05) is 19.1 Å². The van der Waals surface area contributed by atoms with Crippen molar-refractivity contribution in [2.75, 3.05) is 17.1 Å². The Morgan fingerprint density at radius 1 is 1.03 bits per heavy atom. The summed E-state index contributed by atoms with van der Waals surface area (Å²) in [6, 6.07) is 12.1. The van der Waals surface area contributed by atoms with Gasteiger partial charge in [0.25, 0.3) is 0 Å². The van der Waals surface area contributed by atoms with Crippen molar-refractivity contribution in [2.45, 2.75) is 83.8 Å². The number of halogens is 1. The molecule has 208 valence electrons. The van der Waals surface area contributed by atoms with E-state index in [1.54, 1.807) is 24.3 Å². The quantitative estimate of drug-likeness (QED) is 0.467. The lowest BCUT2D eigenvalue weighted by molar-refractivity contribution is -0.140. The minimum atomic E-state index is -3.81. The van der Waals surface area contributed by atoms with Crippen LogP contribution in [-0.4, -0.2) is 50.0 Å². The highest BCUT2D eigenvalue weighted by Gasteiger charge is 2.33. The molecule has 0 heterocycles. The van der Waals surface area contributed by atoms with Gasteiger partial charge in [0, 0.05) is 12.6 Å². The molecular weight excluding hydrogens is 505 g/mol. The molecule has 2 aromatic carbocycles. The number of benzene rings is 2. The topological polar surface area (TPSA) is 86.8 Å². The standard InChI is InChI=1S/C29H40FN3O4S/c1-6-26(28(35)31-24-9-7-8-10-24)32(19-21-11-15-23(30)16-12-21)27(34)20-33(38(5,36)37)25-17-13-22(14-18-25)29(2,3)4/h11-18,24,26H,6-10,19-20H2,1-5H3,(H,31,35). The summed E-state index contributed by atoms with van der Waals surface area (Å²) in [5.41, 5.74) is 1.94. The molecule has 0 spiro atoms. The lowest BCUT2D eigenvalue weighted by Crippen LogP contribution is -2.53. The van der Waals surface area contributed by atoms with E-state index in [4.69, 9.17) is 0 Å². The van der Waals surface area contributed by atoms with Crippen molar-refractivity contribution in [2.24, 2.45) is 0 Å². The molecule has 1 aliphatic rings. The summed E-state index contributed by atoms with van der Waals surface area (Å²) >= 11 is 0. The Balaban J connectivity index is 1.91. The summed E-state index contributed by atoms with van der Waals surface area (Å²) in [7, 11) is -3.81. The first-order valence-electron chi connectivity index (χ1n) is 13.2. The fourth-order valence-electron chi connectivity index (χ4n) is 4.81. The number of hydrogen-bond acceptors (Lipinski definition) is 4. The van der Waals surface area contributed by atoms with Gasteiger partial charge >= 0.3 is 0 Å². The van der Waals surface area contributed by atoms with Crippen molar-refractivity contribution in [3.05, 3.63) is 65.5 Å². The number of nitrogens with one attached hydrogen (secondary N) is 1. The molecule has 1 N–H and O–H groups in total. The lowest BCUT2D eigenvalue weighted by Gasteiger charge is -2.33. The Hall–Kier alpha value is -2.94. The van der Waals surface area contributed by atoms with Crippen LogP contribution >= 0.6 is 0 Å². The van der Waals surface area contributed by atoms with E-state index < -0.39 is 34.3 Å². The van der Waals surface area contributed by atoms with Crippen LogP contribution in [0.5, 0.6) is 0 Å². The first-order chi connectivity index (χ1) is 17.8. The van der Waals surface area contributed by atoms with Crippen molar-refractivity contribution >= 4 is 27.5 Å². The second kappa shape index (κ2) is 12.3. The molecule has 1 saturated carbocycles. The summed E-state index contributed by atoms with van der Waals surface area (Å²) in [6.07, 6.45) is 5.33. The predicted molar refractivity (Wildman–Crippen MR) is 149 cm³/mol. The SMILES string of the molecule is CCC(C(=O)NC1CCCC1)N(Cc1ccc(F)cc1)C(=O)CN(c1ccc(C(C)(C)C)cc1)S(C)(=O)=O. The number of carbonyl (C=O) groups excluding carboxylic acids is 2. The van der Waals surface area contributed by atoms with Gasteiger partial charge in [-0.2, -0.15) is 0 Å². The number of carbonyl (C=O) groups is 2. The molecule has 0 saturated heterocycles. The molecular formula is C29H40FN3O4S. The number of anilines is 1. The largest absolute Gasteiger partial charge is 0.352 e. The zero-order chi connectivity index (χ0) is 28.1. The molecule has 2 amide bonds. The molecule has 1 unspecified atom stereocenters. The molecule has 1 atom stereocenters. The highest BCUT2D eigenvalue weighted by atomic mass is 32.2. The van der Waals surface area contributed by atoms with E-state index in [9.17, 15) is 22.4 Å². The Bertz CT molecular complexity index is 1200. The Morgan fingerprint density at radius 2 is 1.61 bits per heavy atom. The third-order valence-electron chi connectivity index (χ3n) is 7.05. The average Bonchev–Trinajstić information content (AvgIpc) is 3.35. The number of sulfonamides is 1. The van der Waals surface area contributed by atoms with Gasteiger partial charge in [-0.1, -0.05) is 64.8 Å². The maximum atomic E-state index is 13.8. The number of hydrogen-bond donors (Lipinski definition) is 1. The fraction of sp³-hybridized carbons (Fsp3) is 0.517. The second-order valence-corrected chi connectivity index (χ2v) is 13.0. The lowest BCUT2D eigenvalue weighted by atomic mass is 9.87. The van der Waals surface area contributed by atoms with Crippen LogP contribution in [0.2, 0.25) is 0 Å². The van der Waals surface area contributed by atoms with Crippen LogP contribution in [-0.2, 0) is 31.6 Å². The van der Waals surface area contributed by atoms with Crippen LogP contribution in [0, 0.1) is 5.82 Å². The molecule has 7 nitrogen and oxygen atoms in total. The van der Waals surface area contributed by atoms with Gasteiger partial charge in [-0.15, -0.1) is 0 Å². The van der Waals surface area contributed by atoms with Crippen LogP contribution in [0.25, 0.3) is 0 Å². The third kappa shape index (κ3) is 7.79. The molecule has 0 aromatic heterocycles. The van der Waals surface area contributed by atoms with Gasteiger partial charge in [-0.05, 0) is 60.1 Å². The van der Waals surface area contributed by atoms with Crippen molar-refractivity contribution in [3.63, 3.8) is 0 Å². The molecule has 9 heteroatoms. The molecule has 0 aliphatic heterocycles. The van der Waals surface area contributed by atoms with Gasteiger partial charge in [-0.3, -0.25) is 13.9 Å². The summed E-state index contributed by atoms with van der Waals surface area (Å²) in [6.45, 7) is 7.61. The van der Waals surface area contributed by atoms with Crippen LogP contribution in [0.1, 0.15) is 70.9 Å². The maximum absolute atomic E-state index is 13.8. The zero-order valence-corrected chi connectivity index (χ0v) is 23.9. The molecule has 0 radical (unpaired) electrons. The second-order valence-electron chi connectivity index (χ2n) is 11.1. The van der Waals surface area contributed by atoms with Crippen LogP contribution in [0.15, 0.2) is 48.5 Å². The maximum Gasteiger partial charge on any atom is 0.244 e. The number of amides is 2. The number of rotatable bonds is 10. The van der Waals surface area contributed by atoms with Crippen molar-refractivity contribution < 1.29 is 22.4 Å². The molecule has 0 bridgehead atoms. The summed E-state index contributed by atoms with van der Waals surface area (Å²) in [4.78, 5) is 28.5. The Morgan fingerprint density at radius 3 is 2.11 bits per heavy atom. The smallest absolute Gasteiger partial charge is 0.244 e. The number of nitrogens with zero attached hydrogens (tertiary/aromatic N) is 2. The monoisotopic (exact) mass is 545 g/mol. The highest BCUT2D eigenvalue weighted by Crippen LogP contribution is 2.26. The predicted octanol–water partition coefficient (Wildman–Crippen LogP) is 4.76. The minimum absolute atomic E-state index is 0.0519. The Labute approximate surface area is 226 Å². The molecule has 2 aromatic rings. The fourth-order valence-corrected chi connectivity index (χ4v) is 5.66. The summed E-state index contributed by atoms with van der Waals surface area (Å²) in [5.74, 6) is -1.16. The van der Waals surface area contributed by atoms with Gasteiger partial charge in [0.2, 0.25) is 21.8 Å². The van der Waals surface area contributed by atoms with E-state index in [-0.39, 0.29) is 23.9 Å². The van der Waals surface area contributed by atoms with Crippen LogP contribution in [0.4, 0.5) is 10.1 Å². The van der Waals surface area contributed by atoms with Gasteiger partial charge in [0.05, 0.1) is 11.9 Å². The van der Waals surface area contributed by atoms with Gasteiger partial charge in [0.1, 0.15) is 18.4 Å². The van der Waals surface area contributed by atoms with Crippen LogP contribution in [0.3, 0.4) is 0 Å². The first kappa shape index (κ1) is 29.6. The van der Waals surface area contributed by atoms with Gasteiger partial charge in [-0.25, -0.2) is 12.8 Å². The van der Waals surface area contributed by atoms with E-state index in [2.05, 4.69) is 26.1 Å². The molecule has 3 rings (SSSR count). The van der Waals surface area contributed by atoms with E-state index in [0.29, 0.717) is 17.7 Å². The first-order valence-corrected chi connectivity index (χ1v) is 15.1. The molecule has 1 fully saturated rings. The highest BCUT2D eigenvalue weighted by molar-refractivity contribution is 7.92. The van der Waals surface area contributed by atoms with E-state index in [0.717, 1.165) is 41.8 Å². The molecule has 38 heavy (non-hydrogen) atoms. The van der Waals surface area contributed by atoms with Crippen molar-refractivity contribution in [1.29, 1.82) is 0 Å². The van der Waals surface area contributed by atoms with Gasteiger partial charge in [0.15, 0.2) is 0 Å². The van der Waals surface area contributed by atoms with Gasteiger partial charge < -0.3 is 10.2 Å². The molecule has 1 aliphatic carbocycles.